The Kier molecular flexibility index (Phi) is 5.56. The van der Waals surface area contributed by atoms with Crippen LogP contribution in [0.4, 0.5) is 0 Å². The Labute approximate surface area is 152 Å². The summed E-state index contributed by atoms with van der Waals surface area (Å²) in [7, 11) is 0. The van der Waals surface area contributed by atoms with Crippen LogP contribution in [0.25, 0.3) is 0 Å². The molecule has 2 fully saturated rings. The fraction of sp³-hybridized carbons (Fsp3) is 0.526. The van der Waals surface area contributed by atoms with E-state index in [1.54, 1.807) is 9.80 Å². The highest BCUT2D eigenvalue weighted by Gasteiger charge is 2.41. The third kappa shape index (κ3) is 3.88. The van der Waals surface area contributed by atoms with Crippen molar-refractivity contribution in [3.05, 3.63) is 35.9 Å². The van der Waals surface area contributed by atoms with E-state index in [0.717, 1.165) is 5.56 Å². The van der Waals surface area contributed by atoms with Crippen LogP contribution in [0.5, 0.6) is 0 Å². The monoisotopic (exact) mass is 360 g/mol. The Morgan fingerprint density at radius 2 is 2.04 bits per heavy atom. The molecule has 140 valence electrons. The van der Waals surface area contributed by atoms with E-state index in [1.807, 2.05) is 37.3 Å². The lowest BCUT2D eigenvalue weighted by Crippen LogP contribution is -2.51. The average Bonchev–Trinajstić information content (AvgIpc) is 3.03. The maximum absolute atomic E-state index is 12.9. The maximum Gasteiger partial charge on any atom is 0.305 e. The summed E-state index contributed by atoms with van der Waals surface area (Å²) in [5.74, 6) is -1.57. The molecule has 2 aliphatic rings. The molecule has 1 N–H and O–H groups in total. The van der Waals surface area contributed by atoms with Crippen molar-refractivity contribution in [3.63, 3.8) is 0 Å². The smallest absolute Gasteiger partial charge is 0.305 e. The Balaban J connectivity index is 1.69. The van der Waals surface area contributed by atoms with E-state index in [9.17, 15) is 14.4 Å². The molecular weight excluding hydrogens is 336 g/mol. The molecule has 2 amide bonds. The molecule has 2 saturated heterocycles. The van der Waals surface area contributed by atoms with Gasteiger partial charge in [0.1, 0.15) is 0 Å². The second-order valence-electron chi connectivity index (χ2n) is 6.89. The molecule has 26 heavy (non-hydrogen) atoms. The number of carbonyl (C=O) groups is 3. The number of aliphatic carboxylic acids is 1. The summed E-state index contributed by atoms with van der Waals surface area (Å²) in [5, 5.41) is 9.06. The number of benzene rings is 1. The fourth-order valence-corrected chi connectivity index (χ4v) is 3.73. The topological polar surface area (TPSA) is 87.2 Å². The van der Waals surface area contributed by atoms with E-state index in [1.165, 1.54) is 0 Å². The zero-order valence-electron chi connectivity index (χ0n) is 14.8. The number of likely N-dealkylation sites (tertiary alicyclic amines) is 1. The van der Waals surface area contributed by atoms with E-state index < -0.39 is 17.9 Å². The van der Waals surface area contributed by atoms with Gasteiger partial charge >= 0.3 is 5.97 Å². The number of carbonyl (C=O) groups excluding carboxylic acids is 2. The fourth-order valence-electron chi connectivity index (χ4n) is 3.73. The minimum Gasteiger partial charge on any atom is -0.481 e. The first kappa shape index (κ1) is 18.4. The number of morpholine rings is 1. The molecule has 1 aromatic rings. The standard InChI is InChI=1S/C19H24N2O5/c1-13(14-5-3-2-4-6-14)21-11-15(9-17(21)22)19(25)20-7-8-26-12-16(20)10-18(23)24/h2-6,13,15-16H,7-12H2,1H3,(H,23,24). The molecule has 3 unspecified atom stereocenters. The maximum atomic E-state index is 12.9. The van der Waals surface area contributed by atoms with E-state index in [-0.39, 0.29) is 37.3 Å². The predicted molar refractivity (Wildman–Crippen MR) is 93.2 cm³/mol. The SMILES string of the molecule is CC(c1ccccc1)N1CC(C(=O)N2CCOCC2CC(=O)O)CC1=O. The van der Waals surface area contributed by atoms with Gasteiger partial charge in [0.25, 0.3) is 0 Å². The number of hydrogen-bond donors (Lipinski definition) is 1. The largest absolute Gasteiger partial charge is 0.481 e. The molecule has 3 atom stereocenters. The van der Waals surface area contributed by atoms with E-state index in [4.69, 9.17) is 9.84 Å². The molecule has 2 aliphatic heterocycles. The first-order chi connectivity index (χ1) is 12.5. The van der Waals surface area contributed by atoms with E-state index in [0.29, 0.717) is 19.7 Å². The zero-order chi connectivity index (χ0) is 18.7. The number of nitrogens with zero attached hydrogens (tertiary/aromatic N) is 2. The Morgan fingerprint density at radius 1 is 1.31 bits per heavy atom. The van der Waals surface area contributed by atoms with Gasteiger partial charge in [0, 0.05) is 19.5 Å². The van der Waals surface area contributed by atoms with E-state index >= 15 is 0 Å². The lowest BCUT2D eigenvalue weighted by Gasteiger charge is -2.36. The Bertz CT molecular complexity index is 678. The highest BCUT2D eigenvalue weighted by molar-refractivity contribution is 5.90. The molecule has 0 bridgehead atoms. The Hall–Kier alpha value is -2.41. The van der Waals surface area contributed by atoms with Crippen LogP contribution in [0.15, 0.2) is 30.3 Å². The van der Waals surface area contributed by atoms with Gasteiger partial charge in [0.2, 0.25) is 11.8 Å². The number of ether oxygens (including phenoxy) is 1. The van der Waals surface area contributed by atoms with E-state index in [2.05, 4.69) is 0 Å². The van der Waals surface area contributed by atoms with Crippen molar-refractivity contribution >= 4 is 17.8 Å². The van der Waals surface area contributed by atoms with Gasteiger partial charge in [-0.25, -0.2) is 0 Å². The summed E-state index contributed by atoms with van der Waals surface area (Å²) in [6.45, 7) is 3.32. The van der Waals surface area contributed by atoms with Crippen molar-refractivity contribution in [2.75, 3.05) is 26.3 Å². The van der Waals surface area contributed by atoms with Crippen molar-refractivity contribution in [1.29, 1.82) is 0 Å². The highest BCUT2D eigenvalue weighted by atomic mass is 16.5. The summed E-state index contributed by atoms with van der Waals surface area (Å²) in [6.07, 6.45) is 0.0314. The van der Waals surface area contributed by atoms with Crippen LogP contribution >= 0.6 is 0 Å². The van der Waals surface area contributed by atoms with Crippen molar-refractivity contribution in [3.8, 4) is 0 Å². The first-order valence-corrected chi connectivity index (χ1v) is 8.91. The molecular formula is C19H24N2O5. The van der Waals surface area contributed by atoms with Gasteiger partial charge in [-0.3, -0.25) is 14.4 Å². The molecule has 3 rings (SSSR count). The summed E-state index contributed by atoms with van der Waals surface area (Å²) in [4.78, 5) is 39.8. The second kappa shape index (κ2) is 7.86. The van der Waals surface area contributed by atoms with Gasteiger partial charge in [0.15, 0.2) is 0 Å². The zero-order valence-corrected chi connectivity index (χ0v) is 14.8. The molecule has 0 aromatic heterocycles. The quantitative estimate of drug-likeness (QED) is 0.855. The van der Waals surface area contributed by atoms with Crippen molar-refractivity contribution in [2.24, 2.45) is 5.92 Å². The van der Waals surface area contributed by atoms with Crippen LogP contribution in [0.3, 0.4) is 0 Å². The Morgan fingerprint density at radius 3 is 2.73 bits per heavy atom. The van der Waals surface area contributed by atoms with Gasteiger partial charge in [-0.2, -0.15) is 0 Å². The molecule has 0 spiro atoms. The molecule has 2 heterocycles. The minimum atomic E-state index is -0.958. The minimum absolute atomic E-state index is 0.0391. The number of carboxylic acids is 1. The summed E-state index contributed by atoms with van der Waals surface area (Å²) in [6, 6.07) is 9.16. The number of amides is 2. The van der Waals surface area contributed by atoms with Gasteiger partial charge in [-0.05, 0) is 12.5 Å². The molecule has 0 radical (unpaired) electrons. The van der Waals surface area contributed by atoms with Gasteiger partial charge < -0.3 is 19.6 Å². The van der Waals surface area contributed by atoms with Crippen LogP contribution in [-0.2, 0) is 19.1 Å². The number of rotatable bonds is 5. The molecule has 7 nitrogen and oxygen atoms in total. The number of carboxylic acid groups (broad SMARTS) is 1. The molecule has 0 saturated carbocycles. The third-order valence-corrected chi connectivity index (χ3v) is 5.18. The van der Waals surface area contributed by atoms with Crippen molar-refractivity contribution in [1.82, 2.24) is 9.80 Å². The normalized spacial score (nSPS) is 24.6. The van der Waals surface area contributed by atoms with Crippen LogP contribution in [0, 0.1) is 5.92 Å². The first-order valence-electron chi connectivity index (χ1n) is 8.91. The van der Waals surface area contributed by atoms with Gasteiger partial charge in [-0.15, -0.1) is 0 Å². The lowest BCUT2D eigenvalue weighted by atomic mass is 10.0. The highest BCUT2D eigenvalue weighted by Crippen LogP contribution is 2.30. The molecule has 0 aliphatic carbocycles. The summed E-state index contributed by atoms with van der Waals surface area (Å²) < 4.78 is 5.33. The van der Waals surface area contributed by atoms with Crippen LogP contribution in [0.2, 0.25) is 0 Å². The average molecular weight is 360 g/mol. The predicted octanol–water partition coefficient (Wildman–Crippen LogP) is 1.30. The number of hydrogen-bond acceptors (Lipinski definition) is 4. The third-order valence-electron chi connectivity index (χ3n) is 5.18. The lowest BCUT2D eigenvalue weighted by molar-refractivity contribution is -0.149. The van der Waals surface area contributed by atoms with Crippen LogP contribution in [0.1, 0.15) is 31.4 Å². The molecule has 7 heteroatoms. The van der Waals surface area contributed by atoms with Crippen LogP contribution < -0.4 is 0 Å². The summed E-state index contributed by atoms with van der Waals surface area (Å²) >= 11 is 0. The van der Waals surface area contributed by atoms with Gasteiger partial charge in [0.05, 0.1) is 37.6 Å². The van der Waals surface area contributed by atoms with Gasteiger partial charge in [-0.1, -0.05) is 30.3 Å². The van der Waals surface area contributed by atoms with Crippen molar-refractivity contribution < 1.29 is 24.2 Å². The van der Waals surface area contributed by atoms with Crippen molar-refractivity contribution in [2.45, 2.75) is 31.8 Å². The van der Waals surface area contributed by atoms with Crippen LogP contribution in [-0.4, -0.2) is 65.0 Å². The summed E-state index contributed by atoms with van der Waals surface area (Å²) in [5.41, 5.74) is 1.03. The second-order valence-corrected chi connectivity index (χ2v) is 6.89. The molecule has 1 aromatic carbocycles.